The number of nitrogens with one attached hydrogen (secondary N) is 1. The van der Waals surface area contributed by atoms with E-state index >= 15 is 0 Å². The zero-order valence-corrected chi connectivity index (χ0v) is 7.34. The second kappa shape index (κ2) is 5.45. The lowest BCUT2D eigenvalue weighted by molar-refractivity contribution is -0.150. The number of esters is 1. The minimum Gasteiger partial charge on any atom is -0.458 e. The minimum absolute atomic E-state index is 0.415. The molecule has 0 saturated carbocycles. The molecule has 0 aliphatic heterocycles. The van der Waals surface area contributed by atoms with E-state index in [1.807, 2.05) is 0 Å². The lowest BCUT2D eigenvalue weighted by Gasteiger charge is -2.11. The molecule has 1 N–H and O–H groups in total. The normalized spacial score (nSPS) is 12.4. The highest BCUT2D eigenvalue weighted by Crippen LogP contribution is 1.95. The van der Waals surface area contributed by atoms with Crippen LogP contribution in [0.1, 0.15) is 13.8 Å². The Labute approximate surface area is 74.2 Å². The van der Waals surface area contributed by atoms with Gasteiger partial charge in [-0.3, -0.25) is 4.79 Å². The largest absolute Gasteiger partial charge is 0.458 e. The van der Waals surface area contributed by atoms with Gasteiger partial charge in [-0.05, 0) is 6.92 Å². The number of alkyl halides is 2. The summed E-state index contributed by atoms with van der Waals surface area (Å²) in [4.78, 5) is 21.2. The van der Waals surface area contributed by atoms with Crippen LogP contribution in [-0.2, 0) is 14.3 Å². The fraction of sp³-hybridized carbons (Fsp3) is 0.714. The Bertz CT molecular complexity index is 196. The van der Waals surface area contributed by atoms with Crippen molar-refractivity contribution in [2.75, 3.05) is 6.61 Å². The number of hydrogen-bond donors (Lipinski definition) is 1. The molecule has 0 heterocycles. The smallest absolute Gasteiger partial charge is 0.328 e. The quantitative estimate of drug-likeness (QED) is 0.657. The number of amides is 1. The Balaban J connectivity index is 3.76. The van der Waals surface area contributed by atoms with E-state index in [1.54, 1.807) is 0 Å². The molecule has 4 nitrogen and oxygen atoms in total. The summed E-state index contributed by atoms with van der Waals surface area (Å²) in [5.74, 6) is -1.28. The first-order valence-corrected chi connectivity index (χ1v) is 3.65. The van der Waals surface area contributed by atoms with Gasteiger partial charge < -0.3 is 10.1 Å². The first-order chi connectivity index (χ1) is 5.93. The monoisotopic (exact) mass is 195 g/mol. The molecule has 0 aromatic rings. The van der Waals surface area contributed by atoms with Crippen LogP contribution in [-0.4, -0.2) is 31.0 Å². The maximum absolute atomic E-state index is 11.6. The first kappa shape index (κ1) is 11.8. The van der Waals surface area contributed by atoms with Crippen molar-refractivity contribution in [2.24, 2.45) is 0 Å². The standard InChI is InChI=1S/C7H11F2NO3/c1-4(10-5(2)11)7(12)13-3-6(8)9/h4,6H,3H2,1-2H3,(H,10,11)/t4-/m0/s1. The summed E-state index contributed by atoms with van der Waals surface area (Å²) in [5.41, 5.74) is 0. The zero-order chi connectivity index (χ0) is 10.4. The molecule has 0 rings (SSSR count). The molecule has 0 aromatic heterocycles. The maximum Gasteiger partial charge on any atom is 0.328 e. The van der Waals surface area contributed by atoms with Crippen molar-refractivity contribution in [2.45, 2.75) is 26.3 Å². The number of halogens is 2. The van der Waals surface area contributed by atoms with Gasteiger partial charge in [-0.25, -0.2) is 13.6 Å². The molecule has 0 bridgehead atoms. The Morgan fingerprint density at radius 3 is 2.38 bits per heavy atom. The molecule has 76 valence electrons. The fourth-order valence-electron chi connectivity index (χ4n) is 0.634. The third-order valence-corrected chi connectivity index (χ3v) is 1.12. The van der Waals surface area contributed by atoms with E-state index < -0.39 is 31.0 Å². The van der Waals surface area contributed by atoms with Gasteiger partial charge in [0.15, 0.2) is 6.61 Å². The molecule has 0 aliphatic carbocycles. The van der Waals surface area contributed by atoms with Crippen LogP contribution >= 0.6 is 0 Å². The molecule has 0 saturated heterocycles. The molecule has 0 unspecified atom stereocenters. The summed E-state index contributed by atoms with van der Waals surface area (Å²) in [6.07, 6.45) is -2.69. The Kier molecular flexibility index (Phi) is 4.94. The summed E-state index contributed by atoms with van der Waals surface area (Å²) in [6.45, 7) is 1.63. The molecule has 0 spiro atoms. The van der Waals surface area contributed by atoms with Gasteiger partial charge in [0.2, 0.25) is 5.91 Å². The molecule has 0 aromatic carbocycles. The van der Waals surface area contributed by atoms with Crippen LogP contribution in [0.3, 0.4) is 0 Å². The van der Waals surface area contributed by atoms with Crippen molar-refractivity contribution in [1.82, 2.24) is 5.32 Å². The number of carbonyl (C=O) groups excluding carboxylic acids is 2. The van der Waals surface area contributed by atoms with E-state index in [2.05, 4.69) is 10.1 Å². The predicted molar refractivity (Wildman–Crippen MR) is 40.2 cm³/mol. The van der Waals surface area contributed by atoms with Crippen molar-refractivity contribution in [3.8, 4) is 0 Å². The number of hydrogen-bond acceptors (Lipinski definition) is 3. The fourth-order valence-corrected chi connectivity index (χ4v) is 0.634. The molecule has 1 atom stereocenters. The van der Waals surface area contributed by atoms with E-state index in [0.717, 1.165) is 0 Å². The van der Waals surface area contributed by atoms with Crippen molar-refractivity contribution in [1.29, 1.82) is 0 Å². The molecular weight excluding hydrogens is 184 g/mol. The summed E-state index contributed by atoms with van der Waals surface area (Å²) < 4.78 is 27.3. The molecule has 6 heteroatoms. The van der Waals surface area contributed by atoms with Crippen LogP contribution in [0.4, 0.5) is 8.78 Å². The molecule has 0 aliphatic rings. The van der Waals surface area contributed by atoms with Gasteiger partial charge in [-0.2, -0.15) is 0 Å². The van der Waals surface area contributed by atoms with Crippen LogP contribution in [0.2, 0.25) is 0 Å². The van der Waals surface area contributed by atoms with Crippen molar-refractivity contribution >= 4 is 11.9 Å². The highest BCUT2D eigenvalue weighted by Gasteiger charge is 2.16. The highest BCUT2D eigenvalue weighted by atomic mass is 19.3. The molecule has 1 amide bonds. The SMILES string of the molecule is CC(=O)N[C@@H](C)C(=O)OCC(F)F. The number of ether oxygens (including phenoxy) is 1. The Morgan fingerprint density at radius 1 is 1.46 bits per heavy atom. The molecule has 0 radical (unpaired) electrons. The van der Waals surface area contributed by atoms with Crippen molar-refractivity contribution < 1.29 is 23.1 Å². The molecule has 0 fully saturated rings. The van der Waals surface area contributed by atoms with Crippen molar-refractivity contribution in [3.05, 3.63) is 0 Å². The first-order valence-electron chi connectivity index (χ1n) is 3.65. The van der Waals surface area contributed by atoms with E-state index in [-0.39, 0.29) is 0 Å². The van der Waals surface area contributed by atoms with Crippen LogP contribution < -0.4 is 5.32 Å². The highest BCUT2D eigenvalue weighted by molar-refractivity contribution is 5.82. The summed E-state index contributed by atoms with van der Waals surface area (Å²) in [5, 5.41) is 2.21. The third kappa shape index (κ3) is 6.01. The third-order valence-electron chi connectivity index (χ3n) is 1.12. The lowest BCUT2D eigenvalue weighted by Crippen LogP contribution is -2.38. The average Bonchev–Trinajstić information content (AvgIpc) is 1.98. The Morgan fingerprint density at radius 2 is 2.00 bits per heavy atom. The van der Waals surface area contributed by atoms with E-state index in [9.17, 15) is 18.4 Å². The predicted octanol–water partition coefficient (Wildman–Crippen LogP) is 0.319. The van der Waals surface area contributed by atoms with Gasteiger partial charge in [0, 0.05) is 6.92 Å². The van der Waals surface area contributed by atoms with Crippen LogP contribution in [0.25, 0.3) is 0 Å². The van der Waals surface area contributed by atoms with Crippen LogP contribution in [0.5, 0.6) is 0 Å². The Hall–Kier alpha value is -1.20. The number of carbonyl (C=O) groups is 2. The van der Waals surface area contributed by atoms with E-state index in [0.29, 0.717) is 0 Å². The summed E-state index contributed by atoms with van der Waals surface area (Å²) >= 11 is 0. The summed E-state index contributed by atoms with van der Waals surface area (Å²) in [6, 6.07) is -0.892. The topological polar surface area (TPSA) is 55.4 Å². The second-order valence-corrected chi connectivity index (χ2v) is 2.44. The second-order valence-electron chi connectivity index (χ2n) is 2.44. The van der Waals surface area contributed by atoms with E-state index in [1.165, 1.54) is 13.8 Å². The van der Waals surface area contributed by atoms with Gasteiger partial charge >= 0.3 is 5.97 Å². The average molecular weight is 195 g/mol. The van der Waals surface area contributed by atoms with Gasteiger partial charge in [0.25, 0.3) is 6.43 Å². The zero-order valence-electron chi connectivity index (χ0n) is 7.34. The minimum atomic E-state index is -2.69. The maximum atomic E-state index is 11.6. The van der Waals surface area contributed by atoms with Gasteiger partial charge in [-0.1, -0.05) is 0 Å². The van der Waals surface area contributed by atoms with Crippen molar-refractivity contribution in [3.63, 3.8) is 0 Å². The molecular formula is C7H11F2NO3. The van der Waals surface area contributed by atoms with Gasteiger partial charge in [0.05, 0.1) is 0 Å². The van der Waals surface area contributed by atoms with Gasteiger partial charge in [-0.15, -0.1) is 0 Å². The lowest BCUT2D eigenvalue weighted by atomic mass is 10.3. The number of rotatable bonds is 4. The van der Waals surface area contributed by atoms with Crippen LogP contribution in [0, 0.1) is 0 Å². The van der Waals surface area contributed by atoms with Crippen LogP contribution in [0.15, 0.2) is 0 Å². The molecule has 13 heavy (non-hydrogen) atoms. The van der Waals surface area contributed by atoms with Gasteiger partial charge in [0.1, 0.15) is 6.04 Å². The summed E-state index contributed by atoms with van der Waals surface area (Å²) in [7, 11) is 0. The van der Waals surface area contributed by atoms with E-state index in [4.69, 9.17) is 0 Å².